The molecule has 11 aromatic rings. The van der Waals surface area contributed by atoms with Crippen molar-refractivity contribution in [1.82, 2.24) is 0 Å². The van der Waals surface area contributed by atoms with Crippen LogP contribution in [0.3, 0.4) is 0 Å². The summed E-state index contributed by atoms with van der Waals surface area (Å²) in [6, 6.07) is 60.1. The Bertz CT molecular complexity index is 3200. The zero-order valence-corrected chi connectivity index (χ0v) is 34.2. The molecule has 1 aromatic heterocycles. The van der Waals surface area contributed by atoms with Crippen LogP contribution in [0.4, 0.5) is 0 Å². The highest BCUT2D eigenvalue weighted by Gasteiger charge is 2.20. The summed E-state index contributed by atoms with van der Waals surface area (Å²) in [6.45, 7) is 13.8. The van der Waals surface area contributed by atoms with E-state index in [9.17, 15) is 0 Å². The maximum absolute atomic E-state index is 2.44. The van der Waals surface area contributed by atoms with Gasteiger partial charge in [-0.25, -0.2) is 0 Å². The van der Waals surface area contributed by atoms with Crippen LogP contribution in [0.15, 0.2) is 158 Å². The van der Waals surface area contributed by atoms with Crippen molar-refractivity contribution >= 4 is 96.1 Å². The third kappa shape index (κ3) is 5.25. The van der Waals surface area contributed by atoms with E-state index in [0.29, 0.717) is 0 Å². The molecule has 57 heavy (non-hydrogen) atoms. The van der Waals surface area contributed by atoms with Crippen molar-refractivity contribution in [2.24, 2.45) is 0 Å². The number of benzene rings is 10. The lowest BCUT2D eigenvalue weighted by atomic mass is 9.84. The highest BCUT2D eigenvalue weighted by Crippen LogP contribution is 2.47. The largest absolute Gasteiger partial charge is 0.134 e. The first kappa shape index (κ1) is 34.2. The van der Waals surface area contributed by atoms with Gasteiger partial charge >= 0.3 is 0 Å². The summed E-state index contributed by atoms with van der Waals surface area (Å²) < 4.78 is 2.68. The predicted octanol–water partition coefficient (Wildman–Crippen LogP) is 16.9. The van der Waals surface area contributed by atoms with E-state index in [1.807, 2.05) is 11.3 Å². The molecule has 0 unspecified atom stereocenters. The molecule has 0 saturated heterocycles. The molecule has 0 N–H and O–H groups in total. The van der Waals surface area contributed by atoms with Crippen LogP contribution in [0, 0.1) is 0 Å². The minimum atomic E-state index is 0.0885. The Kier molecular flexibility index (Phi) is 7.35. The van der Waals surface area contributed by atoms with Gasteiger partial charge < -0.3 is 0 Å². The summed E-state index contributed by atoms with van der Waals surface area (Å²) in [5, 5.41) is 18.4. The molecule has 0 radical (unpaired) electrons. The van der Waals surface area contributed by atoms with E-state index in [1.165, 1.54) is 118 Å². The molecule has 0 bridgehead atoms. The SMILES string of the molecule is CC(C)(C)c1ccc2c3ccc(-c4cccc5c4sc4c(-c6ccc7c8ccc(C(C)(C)C)cc8c8ccccc8c7c6)cccc45)cc3c3ccccc3c2c1. The molecular formula is C56H44S. The summed E-state index contributed by atoms with van der Waals surface area (Å²) in [6.07, 6.45) is 0. The van der Waals surface area contributed by atoms with Crippen LogP contribution < -0.4 is 0 Å². The van der Waals surface area contributed by atoms with E-state index in [0.717, 1.165) is 0 Å². The summed E-state index contributed by atoms with van der Waals surface area (Å²) >= 11 is 1.94. The van der Waals surface area contributed by atoms with Gasteiger partial charge in [0.05, 0.1) is 0 Å². The molecule has 0 atom stereocenters. The lowest BCUT2D eigenvalue weighted by Crippen LogP contribution is -2.10. The topological polar surface area (TPSA) is 0 Å². The monoisotopic (exact) mass is 748 g/mol. The molecular weight excluding hydrogens is 705 g/mol. The molecule has 0 fully saturated rings. The maximum Gasteiger partial charge on any atom is 0.0434 e. The second-order valence-electron chi connectivity index (χ2n) is 18.1. The summed E-state index contributed by atoms with van der Waals surface area (Å²) in [5.74, 6) is 0. The van der Waals surface area contributed by atoms with Gasteiger partial charge in [-0.2, -0.15) is 0 Å². The molecule has 274 valence electrons. The van der Waals surface area contributed by atoms with Crippen molar-refractivity contribution in [3.8, 4) is 22.3 Å². The van der Waals surface area contributed by atoms with Crippen molar-refractivity contribution in [3.63, 3.8) is 0 Å². The molecule has 1 heteroatoms. The van der Waals surface area contributed by atoms with Crippen LogP contribution in [0.25, 0.3) is 107 Å². The smallest absolute Gasteiger partial charge is 0.0434 e. The Morgan fingerprint density at radius 2 is 0.596 bits per heavy atom. The fourth-order valence-corrected chi connectivity index (χ4v) is 10.8. The van der Waals surface area contributed by atoms with Crippen molar-refractivity contribution in [2.45, 2.75) is 52.4 Å². The highest BCUT2D eigenvalue weighted by atomic mass is 32.1. The number of hydrogen-bond acceptors (Lipinski definition) is 1. The number of thiophene rings is 1. The predicted molar refractivity (Wildman–Crippen MR) is 253 cm³/mol. The molecule has 0 aliphatic rings. The average Bonchev–Trinajstić information content (AvgIpc) is 3.62. The molecule has 0 saturated carbocycles. The van der Waals surface area contributed by atoms with Gasteiger partial charge in [0.1, 0.15) is 0 Å². The van der Waals surface area contributed by atoms with Crippen molar-refractivity contribution in [1.29, 1.82) is 0 Å². The minimum absolute atomic E-state index is 0.0885. The maximum atomic E-state index is 2.44. The van der Waals surface area contributed by atoms with Gasteiger partial charge in [0, 0.05) is 20.2 Å². The van der Waals surface area contributed by atoms with Crippen LogP contribution in [-0.2, 0) is 10.8 Å². The Balaban J connectivity index is 1.10. The number of hydrogen-bond donors (Lipinski definition) is 0. The van der Waals surface area contributed by atoms with E-state index in [1.54, 1.807) is 0 Å². The average molecular weight is 749 g/mol. The van der Waals surface area contributed by atoms with E-state index >= 15 is 0 Å². The van der Waals surface area contributed by atoms with E-state index in [2.05, 4.69) is 199 Å². The molecule has 0 aliphatic carbocycles. The summed E-state index contributed by atoms with van der Waals surface area (Å²) in [4.78, 5) is 0. The zero-order chi connectivity index (χ0) is 38.8. The van der Waals surface area contributed by atoms with Gasteiger partial charge in [-0.1, -0.05) is 175 Å². The normalized spacial score (nSPS) is 12.7. The van der Waals surface area contributed by atoms with Crippen LogP contribution >= 0.6 is 11.3 Å². The van der Waals surface area contributed by atoms with E-state index < -0.39 is 0 Å². The van der Waals surface area contributed by atoms with Gasteiger partial charge in [-0.05, 0) is 133 Å². The fourth-order valence-electron chi connectivity index (χ4n) is 9.46. The van der Waals surface area contributed by atoms with Crippen LogP contribution in [0.1, 0.15) is 52.7 Å². The summed E-state index contributed by atoms with van der Waals surface area (Å²) in [7, 11) is 0. The molecule has 0 spiro atoms. The summed E-state index contributed by atoms with van der Waals surface area (Å²) in [5.41, 5.74) is 8.01. The highest BCUT2D eigenvalue weighted by molar-refractivity contribution is 7.26. The third-order valence-electron chi connectivity index (χ3n) is 12.6. The number of rotatable bonds is 2. The van der Waals surface area contributed by atoms with Crippen molar-refractivity contribution < 1.29 is 0 Å². The van der Waals surface area contributed by atoms with Crippen LogP contribution in [-0.4, -0.2) is 0 Å². The molecule has 10 aromatic carbocycles. The van der Waals surface area contributed by atoms with Crippen molar-refractivity contribution in [3.05, 3.63) is 169 Å². The van der Waals surface area contributed by atoms with Gasteiger partial charge in [-0.3, -0.25) is 0 Å². The molecule has 0 amide bonds. The van der Waals surface area contributed by atoms with Gasteiger partial charge in [0.15, 0.2) is 0 Å². The number of fused-ring (bicyclic) bond motifs is 15. The van der Waals surface area contributed by atoms with E-state index in [4.69, 9.17) is 0 Å². The lowest BCUT2D eigenvalue weighted by Gasteiger charge is -2.21. The lowest BCUT2D eigenvalue weighted by molar-refractivity contribution is 0.591. The Morgan fingerprint density at radius 1 is 0.281 bits per heavy atom. The van der Waals surface area contributed by atoms with Crippen molar-refractivity contribution in [2.75, 3.05) is 0 Å². The zero-order valence-electron chi connectivity index (χ0n) is 33.4. The van der Waals surface area contributed by atoms with Crippen LogP contribution in [0.5, 0.6) is 0 Å². The minimum Gasteiger partial charge on any atom is -0.134 e. The molecule has 0 nitrogen and oxygen atoms in total. The quantitative estimate of drug-likeness (QED) is 0.154. The van der Waals surface area contributed by atoms with Gasteiger partial charge in [0.2, 0.25) is 0 Å². The molecule has 0 aliphatic heterocycles. The first-order valence-corrected chi connectivity index (χ1v) is 21.1. The Hall–Kier alpha value is -6.02. The Labute approximate surface area is 338 Å². The van der Waals surface area contributed by atoms with Gasteiger partial charge in [0.25, 0.3) is 0 Å². The molecule has 1 heterocycles. The Morgan fingerprint density at radius 3 is 0.965 bits per heavy atom. The second kappa shape index (κ2) is 12.2. The standard InChI is InChI=1S/C56H44S/c1-55(2,3)35-23-27-45-43-25-21-33(29-49(43)39-13-7-9-15-41(39)51(45)31-35)37-17-11-19-47-48-20-12-18-38(54(48)57-53(37)47)34-22-26-44-46-28-24-36(56(4,5)6)32-52(46)42-16-10-8-14-40(42)50(44)30-34/h7-32H,1-6H3. The second-order valence-corrected chi connectivity index (χ2v) is 19.1. The first-order chi connectivity index (χ1) is 27.5. The van der Waals surface area contributed by atoms with Crippen LogP contribution in [0.2, 0.25) is 0 Å². The third-order valence-corrected chi connectivity index (χ3v) is 13.8. The van der Waals surface area contributed by atoms with E-state index in [-0.39, 0.29) is 10.8 Å². The molecule has 11 rings (SSSR count). The first-order valence-electron chi connectivity index (χ1n) is 20.3. The fraction of sp³-hybridized carbons (Fsp3) is 0.143. The van der Waals surface area contributed by atoms with Gasteiger partial charge in [-0.15, -0.1) is 11.3 Å².